The minimum atomic E-state index is -0.302. The van der Waals surface area contributed by atoms with Crippen molar-refractivity contribution in [3.8, 4) is 11.4 Å². The second kappa shape index (κ2) is 8.84. The molecular weight excluding hydrogens is 373 g/mol. The number of halogens is 1. The number of anilines is 1. The Balaban J connectivity index is 1.67. The molecule has 1 aromatic heterocycles. The lowest BCUT2D eigenvalue weighted by Gasteiger charge is -2.36. The Bertz CT molecular complexity index is 847. The van der Waals surface area contributed by atoms with Crippen LogP contribution in [0.2, 0.25) is 0 Å². The molecule has 2 saturated heterocycles. The molecule has 2 aromatic rings. The Morgan fingerprint density at radius 3 is 2.41 bits per heavy atom. The average molecular weight is 399 g/mol. The maximum Gasteiger partial charge on any atom is 0.259 e. The predicted molar refractivity (Wildman–Crippen MR) is 108 cm³/mol. The molecule has 4 rings (SSSR count). The zero-order chi connectivity index (χ0) is 20.2. The molecule has 3 heterocycles. The summed E-state index contributed by atoms with van der Waals surface area (Å²) in [5, 5.41) is 0. The first kappa shape index (κ1) is 19.7. The van der Waals surface area contributed by atoms with Crippen LogP contribution >= 0.6 is 0 Å². The van der Waals surface area contributed by atoms with E-state index in [1.54, 1.807) is 23.2 Å². The molecule has 0 atom stereocenters. The summed E-state index contributed by atoms with van der Waals surface area (Å²) in [6, 6.07) is 6.11. The number of benzene rings is 1. The van der Waals surface area contributed by atoms with Crippen molar-refractivity contribution in [3.63, 3.8) is 0 Å². The van der Waals surface area contributed by atoms with Crippen LogP contribution in [-0.2, 0) is 4.74 Å². The number of amides is 1. The summed E-state index contributed by atoms with van der Waals surface area (Å²) in [7, 11) is 0. The molecule has 0 radical (unpaired) electrons. The highest BCUT2D eigenvalue weighted by Gasteiger charge is 2.27. The summed E-state index contributed by atoms with van der Waals surface area (Å²) in [4.78, 5) is 28.7. The Hall–Kier alpha value is -2.58. The fourth-order valence-electron chi connectivity index (χ4n) is 3.72. The SMILES string of the molecule is CCN1CCN(c2nc(-c3ccc(F)cc3)ncc2C(=O)N2CCOCC2)CC1. The van der Waals surface area contributed by atoms with Gasteiger partial charge in [0.15, 0.2) is 5.82 Å². The van der Waals surface area contributed by atoms with Gasteiger partial charge in [-0.2, -0.15) is 0 Å². The standard InChI is InChI=1S/C21H26FN5O2/c1-2-25-7-9-26(10-8-25)20-18(21(28)27-11-13-29-14-12-27)15-23-19(24-20)16-3-5-17(22)6-4-16/h3-6,15H,2,7-14H2,1H3. The molecule has 0 N–H and O–H groups in total. The van der Waals surface area contributed by atoms with Crippen molar-refractivity contribution in [1.29, 1.82) is 0 Å². The van der Waals surface area contributed by atoms with Crippen molar-refractivity contribution < 1.29 is 13.9 Å². The molecule has 0 bridgehead atoms. The number of hydrogen-bond donors (Lipinski definition) is 0. The predicted octanol–water partition coefficient (Wildman–Crippen LogP) is 1.90. The molecule has 2 fully saturated rings. The minimum absolute atomic E-state index is 0.0631. The molecule has 7 nitrogen and oxygen atoms in total. The Morgan fingerprint density at radius 1 is 1.07 bits per heavy atom. The van der Waals surface area contributed by atoms with E-state index in [1.807, 2.05) is 0 Å². The summed E-state index contributed by atoms with van der Waals surface area (Å²) in [6.45, 7) is 8.86. The van der Waals surface area contributed by atoms with Crippen molar-refractivity contribution in [3.05, 3.63) is 41.8 Å². The molecule has 1 aromatic carbocycles. The van der Waals surface area contributed by atoms with E-state index in [-0.39, 0.29) is 11.7 Å². The van der Waals surface area contributed by atoms with Crippen molar-refractivity contribution in [2.24, 2.45) is 0 Å². The van der Waals surface area contributed by atoms with Crippen LogP contribution in [0.5, 0.6) is 0 Å². The quantitative estimate of drug-likeness (QED) is 0.783. The van der Waals surface area contributed by atoms with Crippen LogP contribution in [0.3, 0.4) is 0 Å². The van der Waals surface area contributed by atoms with Gasteiger partial charge in [0.05, 0.1) is 13.2 Å². The largest absolute Gasteiger partial charge is 0.378 e. The molecule has 2 aliphatic rings. The first-order valence-electron chi connectivity index (χ1n) is 10.1. The van der Waals surface area contributed by atoms with E-state index in [0.29, 0.717) is 43.5 Å². The summed E-state index contributed by atoms with van der Waals surface area (Å²) in [6.07, 6.45) is 1.62. The monoisotopic (exact) mass is 399 g/mol. The molecule has 0 aliphatic carbocycles. The van der Waals surface area contributed by atoms with Gasteiger partial charge in [0.25, 0.3) is 5.91 Å². The highest BCUT2D eigenvalue weighted by atomic mass is 19.1. The zero-order valence-electron chi connectivity index (χ0n) is 16.7. The maximum atomic E-state index is 13.3. The summed E-state index contributed by atoms with van der Waals surface area (Å²) >= 11 is 0. The van der Waals surface area contributed by atoms with Crippen LogP contribution in [0.15, 0.2) is 30.5 Å². The number of hydrogen-bond acceptors (Lipinski definition) is 6. The average Bonchev–Trinajstić information content (AvgIpc) is 2.79. The molecule has 154 valence electrons. The molecule has 1 amide bonds. The number of likely N-dealkylation sites (N-methyl/N-ethyl adjacent to an activating group) is 1. The second-order valence-corrected chi connectivity index (χ2v) is 7.26. The maximum absolute atomic E-state index is 13.3. The fourth-order valence-corrected chi connectivity index (χ4v) is 3.72. The second-order valence-electron chi connectivity index (χ2n) is 7.26. The molecule has 2 aliphatic heterocycles. The van der Waals surface area contributed by atoms with Gasteiger partial charge in [-0.25, -0.2) is 14.4 Å². The normalized spacial score (nSPS) is 18.1. The zero-order valence-corrected chi connectivity index (χ0v) is 16.7. The van der Waals surface area contributed by atoms with Crippen molar-refractivity contribution in [2.45, 2.75) is 6.92 Å². The van der Waals surface area contributed by atoms with Crippen LogP contribution in [0.25, 0.3) is 11.4 Å². The van der Waals surface area contributed by atoms with E-state index < -0.39 is 0 Å². The lowest BCUT2D eigenvalue weighted by molar-refractivity contribution is 0.0302. The number of nitrogens with zero attached hydrogens (tertiary/aromatic N) is 5. The van der Waals surface area contributed by atoms with Crippen LogP contribution in [0, 0.1) is 5.82 Å². The van der Waals surface area contributed by atoms with Gasteiger partial charge in [0.1, 0.15) is 17.2 Å². The fraction of sp³-hybridized carbons (Fsp3) is 0.476. The van der Waals surface area contributed by atoms with Crippen molar-refractivity contribution in [1.82, 2.24) is 19.8 Å². The third-order valence-corrected chi connectivity index (χ3v) is 5.52. The number of morpholine rings is 1. The van der Waals surface area contributed by atoms with E-state index in [9.17, 15) is 9.18 Å². The smallest absolute Gasteiger partial charge is 0.259 e. The summed E-state index contributed by atoms with van der Waals surface area (Å²) in [5.74, 6) is 0.790. The van der Waals surface area contributed by atoms with Crippen LogP contribution in [-0.4, -0.2) is 84.7 Å². The third kappa shape index (κ3) is 4.38. The summed E-state index contributed by atoms with van der Waals surface area (Å²) in [5.41, 5.74) is 1.24. The molecule has 0 unspecified atom stereocenters. The Labute approximate surface area is 170 Å². The number of piperazine rings is 1. The van der Waals surface area contributed by atoms with E-state index in [0.717, 1.165) is 38.3 Å². The van der Waals surface area contributed by atoms with E-state index in [4.69, 9.17) is 9.72 Å². The Morgan fingerprint density at radius 2 is 1.76 bits per heavy atom. The van der Waals surface area contributed by atoms with Crippen LogP contribution in [0.1, 0.15) is 17.3 Å². The first-order valence-corrected chi connectivity index (χ1v) is 10.1. The first-order chi connectivity index (χ1) is 14.2. The van der Waals surface area contributed by atoms with Gasteiger partial charge in [-0.05, 0) is 30.8 Å². The minimum Gasteiger partial charge on any atom is -0.378 e. The number of rotatable bonds is 4. The van der Waals surface area contributed by atoms with Gasteiger partial charge in [-0.3, -0.25) is 4.79 Å². The molecule has 0 spiro atoms. The van der Waals surface area contributed by atoms with E-state index >= 15 is 0 Å². The highest BCUT2D eigenvalue weighted by molar-refractivity contribution is 5.99. The summed E-state index contributed by atoms with van der Waals surface area (Å²) < 4.78 is 18.7. The van der Waals surface area contributed by atoms with Crippen LogP contribution in [0.4, 0.5) is 10.2 Å². The highest BCUT2D eigenvalue weighted by Crippen LogP contribution is 2.25. The van der Waals surface area contributed by atoms with Gasteiger partial charge >= 0.3 is 0 Å². The van der Waals surface area contributed by atoms with Gasteiger partial charge in [0.2, 0.25) is 0 Å². The van der Waals surface area contributed by atoms with E-state index in [1.165, 1.54) is 12.1 Å². The van der Waals surface area contributed by atoms with Crippen molar-refractivity contribution >= 4 is 11.7 Å². The van der Waals surface area contributed by atoms with Gasteiger partial charge in [0, 0.05) is 51.0 Å². The van der Waals surface area contributed by atoms with Crippen LogP contribution < -0.4 is 4.90 Å². The molecule has 8 heteroatoms. The number of aromatic nitrogens is 2. The number of carbonyl (C=O) groups excluding carboxylic acids is 1. The molecule has 29 heavy (non-hydrogen) atoms. The van der Waals surface area contributed by atoms with Crippen molar-refractivity contribution in [2.75, 3.05) is 63.9 Å². The lowest BCUT2D eigenvalue weighted by Crippen LogP contribution is -2.47. The number of ether oxygens (including phenoxy) is 1. The lowest BCUT2D eigenvalue weighted by atomic mass is 10.1. The molecule has 0 saturated carbocycles. The molecular formula is C21H26FN5O2. The van der Waals surface area contributed by atoms with Gasteiger partial charge in [-0.1, -0.05) is 6.92 Å². The van der Waals surface area contributed by atoms with E-state index in [2.05, 4.69) is 21.7 Å². The third-order valence-electron chi connectivity index (χ3n) is 5.52. The van der Waals surface area contributed by atoms with Gasteiger partial charge < -0.3 is 19.4 Å². The van der Waals surface area contributed by atoms with Gasteiger partial charge in [-0.15, -0.1) is 0 Å². The topological polar surface area (TPSA) is 61.8 Å². The number of carbonyl (C=O) groups is 1. The Kier molecular flexibility index (Phi) is 6.01.